The predicted octanol–water partition coefficient (Wildman–Crippen LogP) is 2.05. The summed E-state index contributed by atoms with van der Waals surface area (Å²) in [6, 6.07) is 3.57. The second kappa shape index (κ2) is 10.7. The van der Waals surface area contributed by atoms with Crippen LogP contribution in [0, 0.1) is 19.8 Å². The van der Waals surface area contributed by atoms with Gasteiger partial charge in [-0.05, 0) is 39.0 Å². The van der Waals surface area contributed by atoms with Crippen molar-refractivity contribution in [3.63, 3.8) is 0 Å². The molecule has 2 heterocycles. The SMILES string of the molecule is Cc1noc(C)c1NC(=O)N(C)C[C@H]1Oc2ccc(NS(C)(=O)=O)cc2C(=O)N([C@@H](C)CO)C[C@H]1C. The van der Waals surface area contributed by atoms with E-state index in [2.05, 4.69) is 15.2 Å². The number of likely N-dealkylation sites (N-methyl/N-ethyl adjacent to an activating group) is 1. The number of hydrogen-bond acceptors (Lipinski definition) is 8. The lowest BCUT2D eigenvalue weighted by molar-refractivity contribution is 0.0371. The number of anilines is 2. The fourth-order valence-electron chi connectivity index (χ4n) is 3.93. The quantitative estimate of drug-likeness (QED) is 0.498. The topological polar surface area (TPSA) is 154 Å². The van der Waals surface area contributed by atoms with Gasteiger partial charge in [0.05, 0.1) is 31.0 Å². The third-order valence-corrected chi connectivity index (χ3v) is 6.64. The maximum Gasteiger partial charge on any atom is 0.321 e. The van der Waals surface area contributed by atoms with Crippen molar-refractivity contribution in [1.29, 1.82) is 0 Å². The number of aromatic nitrogens is 1. The maximum absolute atomic E-state index is 13.4. The Hall–Kier alpha value is -3.32. The van der Waals surface area contributed by atoms with E-state index in [0.29, 0.717) is 17.1 Å². The lowest BCUT2D eigenvalue weighted by Gasteiger charge is -2.38. The van der Waals surface area contributed by atoms with Gasteiger partial charge in [-0.3, -0.25) is 9.52 Å². The zero-order valence-electron chi connectivity index (χ0n) is 21.2. The van der Waals surface area contributed by atoms with Gasteiger partial charge in [0, 0.05) is 25.2 Å². The van der Waals surface area contributed by atoms with Crippen molar-refractivity contribution in [2.75, 3.05) is 43.0 Å². The van der Waals surface area contributed by atoms with Crippen LogP contribution in [-0.2, 0) is 10.0 Å². The van der Waals surface area contributed by atoms with Crippen molar-refractivity contribution in [3.8, 4) is 5.75 Å². The normalized spacial score (nSPS) is 19.0. The van der Waals surface area contributed by atoms with Crippen molar-refractivity contribution in [1.82, 2.24) is 15.0 Å². The lowest BCUT2D eigenvalue weighted by atomic mass is 9.99. The Morgan fingerprint density at radius 1 is 1.36 bits per heavy atom. The van der Waals surface area contributed by atoms with E-state index in [1.807, 2.05) is 6.92 Å². The van der Waals surface area contributed by atoms with Gasteiger partial charge in [0.1, 0.15) is 23.2 Å². The first-order chi connectivity index (χ1) is 16.8. The molecule has 1 aromatic carbocycles. The van der Waals surface area contributed by atoms with Gasteiger partial charge in [0.15, 0.2) is 5.76 Å². The molecule has 3 amide bonds. The van der Waals surface area contributed by atoms with Crippen LogP contribution in [-0.4, -0.2) is 85.6 Å². The molecule has 3 atom stereocenters. The fourth-order valence-corrected chi connectivity index (χ4v) is 4.49. The molecule has 0 saturated heterocycles. The van der Waals surface area contributed by atoms with Crippen molar-refractivity contribution in [2.45, 2.75) is 39.8 Å². The molecule has 0 saturated carbocycles. The molecular formula is C23H33N5O7S. The van der Waals surface area contributed by atoms with Crippen LogP contribution in [0.3, 0.4) is 0 Å². The zero-order chi connectivity index (χ0) is 26.8. The highest BCUT2D eigenvalue weighted by Gasteiger charge is 2.34. The summed E-state index contributed by atoms with van der Waals surface area (Å²) in [6.45, 7) is 7.25. The number of aryl methyl sites for hydroxylation is 2. The second-order valence-corrected chi connectivity index (χ2v) is 11.0. The average Bonchev–Trinajstić information content (AvgIpc) is 3.12. The highest BCUT2D eigenvalue weighted by molar-refractivity contribution is 7.92. The largest absolute Gasteiger partial charge is 0.487 e. The van der Waals surface area contributed by atoms with Gasteiger partial charge in [0.2, 0.25) is 10.0 Å². The van der Waals surface area contributed by atoms with E-state index < -0.39 is 28.1 Å². The second-order valence-electron chi connectivity index (χ2n) is 9.22. The molecule has 1 aromatic heterocycles. The molecule has 36 heavy (non-hydrogen) atoms. The van der Waals surface area contributed by atoms with Gasteiger partial charge < -0.3 is 29.5 Å². The number of aliphatic hydroxyl groups is 1. The van der Waals surface area contributed by atoms with Crippen molar-refractivity contribution in [3.05, 3.63) is 35.2 Å². The number of carbonyl (C=O) groups excluding carboxylic acids is 2. The Morgan fingerprint density at radius 2 is 2.06 bits per heavy atom. The Kier molecular flexibility index (Phi) is 8.14. The molecule has 0 fully saturated rings. The highest BCUT2D eigenvalue weighted by atomic mass is 32.2. The standard InChI is InChI=1S/C23H33N5O7S/c1-13-10-28(14(2)12-29)22(30)18-9-17(26-36(6,32)33)7-8-19(18)34-20(13)11-27(5)23(31)24-21-15(3)25-35-16(21)4/h7-9,13-14,20,26,29H,10-12H2,1-6H3,(H,24,31)/t13-,14+,20-/m1/s1. The molecule has 3 rings (SSSR count). The highest BCUT2D eigenvalue weighted by Crippen LogP contribution is 2.31. The average molecular weight is 524 g/mol. The van der Waals surface area contributed by atoms with Gasteiger partial charge in [0.25, 0.3) is 5.91 Å². The third kappa shape index (κ3) is 6.26. The molecule has 3 N–H and O–H groups in total. The summed E-state index contributed by atoms with van der Waals surface area (Å²) in [7, 11) is -1.94. The van der Waals surface area contributed by atoms with Crippen LogP contribution in [0.25, 0.3) is 0 Å². The number of benzene rings is 1. The van der Waals surface area contributed by atoms with Crippen molar-refractivity contribution < 1.29 is 32.4 Å². The van der Waals surface area contributed by atoms with E-state index in [-0.39, 0.29) is 48.6 Å². The summed E-state index contributed by atoms with van der Waals surface area (Å²) >= 11 is 0. The molecule has 12 nitrogen and oxygen atoms in total. The van der Waals surface area contributed by atoms with Crippen LogP contribution in [0.15, 0.2) is 22.7 Å². The molecule has 13 heteroatoms. The van der Waals surface area contributed by atoms with E-state index >= 15 is 0 Å². The minimum absolute atomic E-state index is 0.156. The number of carbonyl (C=O) groups is 2. The fraction of sp³-hybridized carbons (Fsp3) is 0.522. The first-order valence-electron chi connectivity index (χ1n) is 11.5. The summed E-state index contributed by atoms with van der Waals surface area (Å²) in [5.74, 6) is 0.146. The smallest absolute Gasteiger partial charge is 0.321 e. The molecule has 0 bridgehead atoms. The summed E-state index contributed by atoms with van der Waals surface area (Å²) in [4.78, 5) is 29.3. The number of ether oxygens (including phenoxy) is 1. The number of rotatable bonds is 7. The number of aliphatic hydroxyl groups excluding tert-OH is 1. The zero-order valence-corrected chi connectivity index (χ0v) is 22.0. The first kappa shape index (κ1) is 27.3. The van der Waals surface area contributed by atoms with Gasteiger partial charge in [-0.15, -0.1) is 0 Å². The Bertz CT molecular complexity index is 1210. The maximum atomic E-state index is 13.4. The summed E-state index contributed by atoms with van der Waals surface area (Å²) in [6.07, 6.45) is 0.503. The molecule has 198 valence electrons. The van der Waals surface area contributed by atoms with Gasteiger partial charge in [-0.2, -0.15) is 0 Å². The van der Waals surface area contributed by atoms with Crippen LogP contribution in [0.2, 0.25) is 0 Å². The summed E-state index contributed by atoms with van der Waals surface area (Å²) in [5, 5.41) is 16.4. The molecule has 0 radical (unpaired) electrons. The number of nitrogens with zero attached hydrogens (tertiary/aromatic N) is 3. The van der Waals surface area contributed by atoms with Gasteiger partial charge in [-0.25, -0.2) is 13.2 Å². The monoisotopic (exact) mass is 523 g/mol. The van der Waals surface area contributed by atoms with Crippen LogP contribution in [0.1, 0.15) is 35.7 Å². The summed E-state index contributed by atoms with van der Waals surface area (Å²) < 4.78 is 37.1. The lowest BCUT2D eigenvalue weighted by Crippen LogP contribution is -2.50. The molecule has 1 aliphatic rings. The molecular weight excluding hydrogens is 490 g/mol. The number of hydrogen-bond donors (Lipinski definition) is 3. The van der Waals surface area contributed by atoms with Crippen LogP contribution >= 0.6 is 0 Å². The molecule has 0 spiro atoms. The molecule has 2 aromatic rings. The van der Waals surface area contributed by atoms with Crippen LogP contribution < -0.4 is 14.8 Å². The summed E-state index contributed by atoms with van der Waals surface area (Å²) in [5.41, 5.74) is 1.43. The Labute approximate surface area is 210 Å². The van der Waals surface area contributed by atoms with Crippen LogP contribution in [0.4, 0.5) is 16.2 Å². The van der Waals surface area contributed by atoms with Crippen molar-refractivity contribution >= 4 is 33.3 Å². The number of nitrogens with one attached hydrogen (secondary N) is 2. The first-order valence-corrected chi connectivity index (χ1v) is 13.3. The molecule has 0 unspecified atom stereocenters. The predicted molar refractivity (Wildman–Crippen MR) is 134 cm³/mol. The van der Waals surface area contributed by atoms with E-state index in [1.54, 1.807) is 27.8 Å². The molecule has 0 aliphatic carbocycles. The van der Waals surface area contributed by atoms with Gasteiger partial charge >= 0.3 is 6.03 Å². The number of amides is 3. The Morgan fingerprint density at radius 3 is 2.64 bits per heavy atom. The van der Waals surface area contributed by atoms with E-state index in [1.165, 1.54) is 28.0 Å². The van der Waals surface area contributed by atoms with E-state index in [0.717, 1.165) is 6.26 Å². The number of sulfonamides is 1. The number of fused-ring (bicyclic) bond motifs is 1. The third-order valence-electron chi connectivity index (χ3n) is 6.03. The van der Waals surface area contributed by atoms with E-state index in [4.69, 9.17) is 9.26 Å². The molecule has 1 aliphatic heterocycles. The Balaban J connectivity index is 1.90. The van der Waals surface area contributed by atoms with E-state index in [9.17, 15) is 23.1 Å². The minimum Gasteiger partial charge on any atom is -0.487 e. The van der Waals surface area contributed by atoms with Crippen LogP contribution in [0.5, 0.6) is 5.75 Å². The van der Waals surface area contributed by atoms with Gasteiger partial charge in [-0.1, -0.05) is 12.1 Å². The van der Waals surface area contributed by atoms with Crippen molar-refractivity contribution in [2.24, 2.45) is 5.92 Å². The minimum atomic E-state index is -3.56. The number of urea groups is 1.